The number of alkyl halides is 3. The average molecular weight is 266 g/mol. The molecule has 0 radical (unpaired) electrons. The van der Waals surface area contributed by atoms with Crippen LogP contribution < -0.4 is 5.32 Å². The average Bonchev–Trinajstić information content (AvgIpc) is 2.27. The van der Waals surface area contributed by atoms with Gasteiger partial charge < -0.3 is 5.32 Å². The molecule has 0 spiro atoms. The zero-order valence-corrected chi connectivity index (χ0v) is 11.6. The molecule has 1 fully saturated rings. The van der Waals surface area contributed by atoms with Gasteiger partial charge in [0.2, 0.25) is 0 Å². The van der Waals surface area contributed by atoms with Gasteiger partial charge in [0.05, 0.1) is 0 Å². The number of nitrogens with zero attached hydrogens (tertiary/aromatic N) is 1. The van der Waals surface area contributed by atoms with E-state index < -0.39 is 12.6 Å². The molecule has 2 atom stereocenters. The van der Waals surface area contributed by atoms with Crippen molar-refractivity contribution in [3.8, 4) is 0 Å². The molecule has 0 bridgehead atoms. The highest BCUT2D eigenvalue weighted by Gasteiger charge is 2.30. The number of piperazine rings is 1. The lowest BCUT2D eigenvalue weighted by Gasteiger charge is -2.41. The highest BCUT2D eigenvalue weighted by atomic mass is 19.4. The van der Waals surface area contributed by atoms with Gasteiger partial charge in [0.15, 0.2) is 0 Å². The van der Waals surface area contributed by atoms with Crippen molar-refractivity contribution >= 4 is 0 Å². The second-order valence-electron chi connectivity index (χ2n) is 5.53. The summed E-state index contributed by atoms with van der Waals surface area (Å²) in [6, 6.07) is 0.784. The van der Waals surface area contributed by atoms with E-state index in [1.807, 2.05) is 0 Å². The molecular weight excluding hydrogens is 241 g/mol. The van der Waals surface area contributed by atoms with E-state index in [-0.39, 0.29) is 6.42 Å². The van der Waals surface area contributed by atoms with E-state index in [1.54, 1.807) is 0 Å². The molecule has 1 saturated heterocycles. The second kappa shape index (κ2) is 6.75. The molecule has 2 nitrogen and oxygen atoms in total. The smallest absolute Gasteiger partial charge is 0.311 e. The van der Waals surface area contributed by atoms with Crippen molar-refractivity contribution in [2.24, 2.45) is 5.92 Å². The van der Waals surface area contributed by atoms with Crippen LogP contribution in [0, 0.1) is 5.92 Å². The molecular formula is C13H25F3N2. The van der Waals surface area contributed by atoms with Crippen molar-refractivity contribution in [2.75, 3.05) is 19.6 Å². The predicted molar refractivity (Wildman–Crippen MR) is 67.6 cm³/mol. The van der Waals surface area contributed by atoms with Crippen molar-refractivity contribution in [3.05, 3.63) is 0 Å². The van der Waals surface area contributed by atoms with Crippen molar-refractivity contribution in [1.82, 2.24) is 10.2 Å². The van der Waals surface area contributed by atoms with Gasteiger partial charge in [-0.1, -0.05) is 20.8 Å². The number of hydrogen-bond acceptors (Lipinski definition) is 2. The van der Waals surface area contributed by atoms with Gasteiger partial charge in [-0.15, -0.1) is 0 Å². The predicted octanol–water partition coefficient (Wildman–Crippen LogP) is 3.04. The first-order chi connectivity index (χ1) is 8.33. The van der Waals surface area contributed by atoms with Crippen LogP contribution in [0.2, 0.25) is 0 Å². The molecule has 0 aromatic heterocycles. The molecule has 1 aliphatic heterocycles. The Morgan fingerprint density at radius 1 is 1.33 bits per heavy atom. The summed E-state index contributed by atoms with van der Waals surface area (Å²) in [6.45, 7) is 8.72. The highest BCUT2D eigenvalue weighted by molar-refractivity contribution is 4.86. The van der Waals surface area contributed by atoms with Crippen molar-refractivity contribution in [3.63, 3.8) is 0 Å². The fraction of sp³-hybridized carbons (Fsp3) is 1.00. The Balaban J connectivity index is 2.43. The molecule has 1 N–H and O–H groups in total. The number of rotatable bonds is 5. The van der Waals surface area contributed by atoms with Gasteiger partial charge in [-0.25, -0.2) is 0 Å². The molecule has 0 aliphatic carbocycles. The summed E-state index contributed by atoms with van der Waals surface area (Å²) in [4.78, 5) is 2.23. The van der Waals surface area contributed by atoms with Gasteiger partial charge in [0.1, 0.15) is 0 Å². The molecule has 0 amide bonds. The van der Waals surface area contributed by atoms with E-state index in [4.69, 9.17) is 0 Å². The van der Waals surface area contributed by atoms with Crippen LogP contribution in [0.1, 0.15) is 40.0 Å². The van der Waals surface area contributed by atoms with Crippen molar-refractivity contribution < 1.29 is 13.2 Å². The summed E-state index contributed by atoms with van der Waals surface area (Å²) in [7, 11) is 0. The van der Waals surface area contributed by atoms with Crippen LogP contribution in [0.3, 0.4) is 0 Å². The quantitative estimate of drug-likeness (QED) is 0.823. The first-order valence-corrected chi connectivity index (χ1v) is 6.87. The molecule has 5 heteroatoms. The third-order valence-electron chi connectivity index (χ3n) is 3.74. The largest absolute Gasteiger partial charge is 0.389 e. The molecule has 2 unspecified atom stereocenters. The summed E-state index contributed by atoms with van der Waals surface area (Å²) in [5.74, 6) is 0.521. The maximum Gasteiger partial charge on any atom is 0.389 e. The highest BCUT2D eigenvalue weighted by Crippen LogP contribution is 2.23. The minimum Gasteiger partial charge on any atom is -0.311 e. The SMILES string of the molecule is CCC1CNC(C(C)C)CN1CCCC(F)(F)F. The minimum atomic E-state index is -4.02. The molecule has 0 saturated carbocycles. The summed E-state index contributed by atoms with van der Waals surface area (Å²) >= 11 is 0. The lowest BCUT2D eigenvalue weighted by molar-refractivity contribution is -0.136. The van der Waals surface area contributed by atoms with Crippen molar-refractivity contribution in [1.29, 1.82) is 0 Å². The van der Waals surface area contributed by atoms with E-state index in [0.717, 1.165) is 19.5 Å². The third-order valence-corrected chi connectivity index (χ3v) is 3.74. The first kappa shape index (κ1) is 15.8. The maximum absolute atomic E-state index is 12.2. The lowest BCUT2D eigenvalue weighted by Crippen LogP contribution is -2.58. The van der Waals surface area contributed by atoms with Gasteiger partial charge in [0, 0.05) is 31.6 Å². The maximum atomic E-state index is 12.2. The first-order valence-electron chi connectivity index (χ1n) is 6.87. The van der Waals surface area contributed by atoms with Crippen LogP contribution in [0.25, 0.3) is 0 Å². The fourth-order valence-corrected chi connectivity index (χ4v) is 2.49. The fourth-order valence-electron chi connectivity index (χ4n) is 2.49. The third kappa shape index (κ3) is 5.14. The van der Waals surface area contributed by atoms with Gasteiger partial charge >= 0.3 is 6.18 Å². The molecule has 108 valence electrons. The Hall–Kier alpha value is -0.290. The monoisotopic (exact) mass is 266 g/mol. The van der Waals surface area contributed by atoms with Crippen LogP contribution in [0.15, 0.2) is 0 Å². The number of halogens is 3. The Bertz CT molecular complexity index is 241. The summed E-state index contributed by atoms with van der Waals surface area (Å²) in [5.41, 5.74) is 0. The number of nitrogens with one attached hydrogen (secondary N) is 1. The Morgan fingerprint density at radius 2 is 2.00 bits per heavy atom. The van der Waals surface area contributed by atoms with Gasteiger partial charge in [-0.05, 0) is 25.3 Å². The normalized spacial score (nSPS) is 26.8. The Kier molecular flexibility index (Phi) is 5.92. The van der Waals surface area contributed by atoms with E-state index in [2.05, 4.69) is 31.0 Å². The Morgan fingerprint density at radius 3 is 2.50 bits per heavy atom. The van der Waals surface area contributed by atoms with Crippen LogP contribution in [-0.2, 0) is 0 Å². The molecule has 1 aliphatic rings. The Labute approximate surface area is 108 Å². The summed E-state index contributed by atoms with van der Waals surface area (Å²) in [5, 5.41) is 3.49. The minimum absolute atomic E-state index is 0.213. The van der Waals surface area contributed by atoms with E-state index in [0.29, 0.717) is 24.5 Å². The topological polar surface area (TPSA) is 15.3 Å². The molecule has 0 aromatic carbocycles. The zero-order valence-electron chi connectivity index (χ0n) is 11.6. The van der Waals surface area contributed by atoms with E-state index in [1.165, 1.54) is 0 Å². The van der Waals surface area contributed by atoms with Crippen LogP contribution >= 0.6 is 0 Å². The van der Waals surface area contributed by atoms with Gasteiger partial charge in [-0.3, -0.25) is 4.90 Å². The second-order valence-corrected chi connectivity index (χ2v) is 5.53. The van der Waals surface area contributed by atoms with Crippen LogP contribution in [-0.4, -0.2) is 42.8 Å². The van der Waals surface area contributed by atoms with Gasteiger partial charge in [-0.2, -0.15) is 13.2 Å². The standard InChI is InChI=1S/C13H25F3N2/c1-4-11-8-17-12(10(2)3)9-18(11)7-5-6-13(14,15)16/h10-12,17H,4-9H2,1-3H3. The molecule has 0 aromatic rings. The number of hydrogen-bond donors (Lipinski definition) is 1. The van der Waals surface area contributed by atoms with E-state index >= 15 is 0 Å². The summed E-state index contributed by atoms with van der Waals surface area (Å²) in [6.07, 6.45) is -3.48. The van der Waals surface area contributed by atoms with Crippen LogP contribution in [0.4, 0.5) is 13.2 Å². The summed E-state index contributed by atoms with van der Waals surface area (Å²) < 4.78 is 36.5. The van der Waals surface area contributed by atoms with Crippen LogP contribution in [0.5, 0.6) is 0 Å². The molecule has 18 heavy (non-hydrogen) atoms. The lowest BCUT2D eigenvalue weighted by atomic mass is 9.98. The van der Waals surface area contributed by atoms with Gasteiger partial charge in [0.25, 0.3) is 0 Å². The van der Waals surface area contributed by atoms with E-state index in [9.17, 15) is 13.2 Å². The molecule has 1 rings (SSSR count). The molecule has 1 heterocycles. The van der Waals surface area contributed by atoms with Crippen molar-refractivity contribution in [2.45, 2.75) is 58.3 Å². The zero-order chi connectivity index (χ0) is 13.8.